The fourth-order valence-corrected chi connectivity index (χ4v) is 9.65. The fraction of sp³-hybridized carbons (Fsp3) is 0.408. The number of nitrogens with zero attached hydrogens (tertiary/aromatic N) is 9. The van der Waals surface area contributed by atoms with Crippen molar-refractivity contribution < 1.29 is 28.9 Å². The van der Waals surface area contributed by atoms with Gasteiger partial charge in [-0.15, -0.1) is 0 Å². The Morgan fingerprint density at radius 1 is 0.909 bits per heavy atom. The molecule has 3 aliphatic rings. The highest BCUT2D eigenvalue weighted by Crippen LogP contribution is 2.48. The van der Waals surface area contributed by atoms with E-state index in [1.165, 1.54) is 11.5 Å². The molecule has 6 heterocycles. The minimum atomic E-state index is -1.29. The van der Waals surface area contributed by atoms with Gasteiger partial charge in [-0.05, 0) is 85.4 Å². The highest BCUT2D eigenvalue weighted by molar-refractivity contribution is 7.13. The first kappa shape index (κ1) is 45.2. The second-order valence-corrected chi connectivity index (χ2v) is 18.4. The molecule has 0 spiro atoms. The van der Waals surface area contributed by atoms with Gasteiger partial charge in [0, 0.05) is 96.1 Å². The summed E-state index contributed by atoms with van der Waals surface area (Å²) >= 11 is 8.32. The quantitative estimate of drug-likeness (QED) is 0.102. The average Bonchev–Trinajstić information content (AvgIpc) is 3.73. The number of carboxylic acids is 1. The van der Waals surface area contributed by atoms with Gasteiger partial charge in [-0.25, -0.2) is 14.8 Å². The standard InChI is InChI=1S/C49H54ClN9O6S/c1-31-37(12-14-40(45(31)50)63-26-25-57-19-17-56(3)18-20-57)43-44-42(29-53-46(43)33-8-6-9-33)66-55-48(44)65-41(49(61)62)27-34-7-4-5-10-39(34)64-30-35-15-16-51-47(54-35)38-13-11-36(28-52-38)59-23-21-58(22-24-59)32(2)60/h4-5,7,10-16,28-29,33,41H,6,8-9,17-27,30H2,1-3H3,(H,61,62)/t41-/m1/s1. The molecule has 1 amide bonds. The van der Waals surface area contributed by atoms with Gasteiger partial charge >= 0.3 is 5.97 Å². The number of para-hydroxylation sites is 1. The van der Waals surface area contributed by atoms with Gasteiger partial charge in [-0.3, -0.25) is 19.7 Å². The number of hydrogen-bond donors (Lipinski definition) is 1. The van der Waals surface area contributed by atoms with Crippen LogP contribution in [-0.4, -0.2) is 135 Å². The summed E-state index contributed by atoms with van der Waals surface area (Å²) in [7, 11) is 2.15. The number of likely N-dealkylation sites (N-methyl/N-ethyl adjacent to an activating group) is 1. The normalized spacial score (nSPS) is 16.5. The first-order chi connectivity index (χ1) is 32.1. The van der Waals surface area contributed by atoms with Crippen LogP contribution in [0.3, 0.4) is 0 Å². The summed E-state index contributed by atoms with van der Waals surface area (Å²) in [6.45, 7) is 12.0. The van der Waals surface area contributed by atoms with Crippen molar-refractivity contribution in [2.24, 2.45) is 0 Å². The molecule has 2 aliphatic heterocycles. The highest BCUT2D eigenvalue weighted by Gasteiger charge is 2.31. The molecular weight excluding hydrogens is 878 g/mol. The van der Waals surface area contributed by atoms with E-state index in [0.717, 1.165) is 103 Å². The number of benzene rings is 2. The molecule has 1 atom stereocenters. The van der Waals surface area contributed by atoms with Crippen LogP contribution in [0.15, 0.2) is 73.2 Å². The Labute approximate surface area is 393 Å². The molecule has 0 bridgehead atoms. The lowest BCUT2D eigenvalue weighted by atomic mass is 9.79. The Hall–Kier alpha value is -5.94. The maximum atomic E-state index is 13.0. The Kier molecular flexibility index (Phi) is 13.9. The van der Waals surface area contributed by atoms with E-state index in [9.17, 15) is 14.7 Å². The molecule has 2 aromatic carbocycles. The minimum absolute atomic E-state index is 0.0144. The maximum Gasteiger partial charge on any atom is 0.345 e. The van der Waals surface area contributed by atoms with Gasteiger partial charge in [-0.2, -0.15) is 4.37 Å². The van der Waals surface area contributed by atoms with Crippen LogP contribution in [0, 0.1) is 6.92 Å². The SMILES string of the molecule is CC(=O)N1CCN(c2ccc(-c3nccc(COc4ccccc4C[C@@H](Oc4nsc5cnc(C6CCC6)c(-c6ccc(OCCN7CCN(C)CC7)c(Cl)c6C)c45)C(=O)O)n3)nc2)CC1. The first-order valence-electron chi connectivity index (χ1n) is 22.6. The molecule has 0 unspecified atom stereocenters. The van der Waals surface area contributed by atoms with E-state index in [0.29, 0.717) is 59.0 Å². The van der Waals surface area contributed by atoms with E-state index in [1.54, 1.807) is 19.2 Å². The van der Waals surface area contributed by atoms with Gasteiger partial charge < -0.3 is 34.0 Å². The smallest absolute Gasteiger partial charge is 0.345 e. The molecule has 3 fully saturated rings. The Bertz CT molecular complexity index is 2680. The molecule has 1 aliphatic carbocycles. The van der Waals surface area contributed by atoms with Crippen molar-refractivity contribution in [1.82, 2.24) is 39.0 Å². The van der Waals surface area contributed by atoms with Crippen LogP contribution < -0.4 is 19.1 Å². The van der Waals surface area contributed by atoms with Crippen LogP contribution in [0.2, 0.25) is 5.02 Å². The molecule has 0 radical (unpaired) electrons. The van der Waals surface area contributed by atoms with Crippen molar-refractivity contribution in [1.29, 1.82) is 0 Å². The van der Waals surface area contributed by atoms with Crippen LogP contribution in [0.4, 0.5) is 5.69 Å². The van der Waals surface area contributed by atoms with E-state index in [4.69, 9.17) is 40.2 Å². The number of rotatable bonds is 16. The van der Waals surface area contributed by atoms with E-state index < -0.39 is 12.1 Å². The number of pyridine rings is 2. The van der Waals surface area contributed by atoms with Gasteiger partial charge in [0.2, 0.25) is 17.9 Å². The van der Waals surface area contributed by atoms with Crippen molar-refractivity contribution in [3.8, 4) is 40.0 Å². The van der Waals surface area contributed by atoms with E-state index in [-0.39, 0.29) is 30.7 Å². The third-order valence-corrected chi connectivity index (χ3v) is 14.2. The number of carbonyl (C=O) groups excluding carboxylic acids is 1. The molecule has 1 saturated carbocycles. The zero-order valence-electron chi connectivity index (χ0n) is 37.5. The Balaban J connectivity index is 0.909. The number of carbonyl (C=O) groups is 2. The monoisotopic (exact) mass is 931 g/mol. The van der Waals surface area contributed by atoms with E-state index >= 15 is 0 Å². The number of hydrogen-bond acceptors (Lipinski definition) is 14. The lowest BCUT2D eigenvalue weighted by molar-refractivity contribution is -0.145. The summed E-state index contributed by atoms with van der Waals surface area (Å²) in [5.74, 6) is 1.06. The number of aromatic nitrogens is 5. The molecule has 2 saturated heterocycles. The minimum Gasteiger partial charge on any atom is -0.491 e. The summed E-state index contributed by atoms with van der Waals surface area (Å²) in [5, 5.41) is 11.9. The van der Waals surface area contributed by atoms with Crippen molar-refractivity contribution in [2.75, 3.05) is 77.5 Å². The Morgan fingerprint density at radius 2 is 1.71 bits per heavy atom. The Morgan fingerprint density at radius 3 is 2.44 bits per heavy atom. The fourth-order valence-electron chi connectivity index (χ4n) is 8.73. The van der Waals surface area contributed by atoms with Crippen molar-refractivity contribution >= 4 is 50.8 Å². The van der Waals surface area contributed by atoms with Crippen molar-refractivity contribution in [2.45, 2.75) is 58.2 Å². The number of amides is 1. The summed E-state index contributed by atoms with van der Waals surface area (Å²) < 4.78 is 24.5. The zero-order valence-corrected chi connectivity index (χ0v) is 39.1. The summed E-state index contributed by atoms with van der Waals surface area (Å²) in [4.78, 5) is 52.4. The largest absolute Gasteiger partial charge is 0.491 e. The lowest BCUT2D eigenvalue weighted by Gasteiger charge is -2.35. The van der Waals surface area contributed by atoms with Crippen molar-refractivity contribution in [3.05, 3.63) is 101 Å². The predicted molar refractivity (Wildman–Crippen MR) is 255 cm³/mol. The summed E-state index contributed by atoms with van der Waals surface area (Å²) in [5.41, 5.74) is 6.43. The summed E-state index contributed by atoms with van der Waals surface area (Å²) in [6.07, 6.45) is 7.17. The van der Waals surface area contributed by atoms with E-state index in [1.807, 2.05) is 72.7 Å². The molecular formula is C49H54ClN9O6S. The number of carboxylic acid groups (broad SMARTS) is 1. The number of halogens is 1. The maximum absolute atomic E-state index is 13.0. The second kappa shape index (κ2) is 20.3. The third-order valence-electron chi connectivity index (χ3n) is 13.0. The van der Waals surface area contributed by atoms with Gasteiger partial charge in [0.1, 0.15) is 30.4 Å². The molecule has 9 rings (SSSR count). The zero-order chi connectivity index (χ0) is 45.7. The lowest BCUT2D eigenvalue weighted by Crippen LogP contribution is -2.48. The number of piperazine rings is 2. The van der Waals surface area contributed by atoms with Crippen molar-refractivity contribution in [3.63, 3.8) is 0 Å². The predicted octanol–water partition coefficient (Wildman–Crippen LogP) is 7.39. The van der Waals surface area contributed by atoms with Gasteiger partial charge in [0.15, 0.2) is 5.82 Å². The van der Waals surface area contributed by atoms with Crippen LogP contribution in [0.1, 0.15) is 54.6 Å². The number of aliphatic carboxylic acids is 1. The highest BCUT2D eigenvalue weighted by atomic mass is 35.5. The van der Waals surface area contributed by atoms with Crippen LogP contribution in [0.5, 0.6) is 17.4 Å². The number of ether oxygens (including phenoxy) is 3. The molecule has 6 aromatic rings. The molecule has 1 N–H and O–H groups in total. The van der Waals surface area contributed by atoms with Gasteiger partial charge in [0.25, 0.3) is 0 Å². The molecule has 17 heteroatoms. The second-order valence-electron chi connectivity index (χ2n) is 17.2. The van der Waals surface area contributed by atoms with Gasteiger partial charge in [0.05, 0.1) is 38.4 Å². The molecule has 4 aromatic heterocycles. The van der Waals surface area contributed by atoms with Crippen LogP contribution in [-0.2, 0) is 22.6 Å². The molecule has 15 nitrogen and oxygen atoms in total. The average molecular weight is 933 g/mol. The molecule has 344 valence electrons. The van der Waals surface area contributed by atoms with Crippen LogP contribution in [0.25, 0.3) is 32.7 Å². The van der Waals surface area contributed by atoms with Crippen LogP contribution >= 0.6 is 23.1 Å². The summed E-state index contributed by atoms with van der Waals surface area (Å²) in [6, 6.07) is 17.0. The number of anilines is 1. The third kappa shape index (κ3) is 10.1. The topological polar surface area (TPSA) is 159 Å². The van der Waals surface area contributed by atoms with Gasteiger partial charge in [-0.1, -0.05) is 42.3 Å². The number of fused-ring (bicyclic) bond motifs is 1. The first-order valence-corrected chi connectivity index (χ1v) is 23.7. The molecule has 66 heavy (non-hydrogen) atoms. The van der Waals surface area contributed by atoms with E-state index in [2.05, 4.69) is 31.7 Å².